The second-order valence-electron chi connectivity index (χ2n) is 11.8. The summed E-state index contributed by atoms with van der Waals surface area (Å²) in [6.07, 6.45) is 11.0. The van der Waals surface area contributed by atoms with Gasteiger partial charge in [-0.15, -0.1) is 0 Å². The van der Waals surface area contributed by atoms with Crippen molar-refractivity contribution in [3.05, 3.63) is 58.6 Å². The zero-order valence-corrected chi connectivity index (χ0v) is 25.1. The number of anilines is 1. The number of halogens is 2. The summed E-state index contributed by atoms with van der Waals surface area (Å²) in [5.74, 6) is -2.06. The molecule has 3 heterocycles. The summed E-state index contributed by atoms with van der Waals surface area (Å²) in [5.41, 5.74) is 0.175. The quantitative estimate of drug-likeness (QED) is 0.294. The van der Waals surface area contributed by atoms with Crippen LogP contribution >= 0.6 is 12.1 Å². The Morgan fingerprint density at radius 1 is 1.14 bits per heavy atom. The van der Waals surface area contributed by atoms with Crippen LogP contribution in [0.2, 0.25) is 0 Å². The van der Waals surface area contributed by atoms with Crippen LogP contribution in [-0.2, 0) is 4.74 Å². The Labute approximate surface area is 249 Å². The van der Waals surface area contributed by atoms with Crippen LogP contribution in [0.1, 0.15) is 64.3 Å². The highest BCUT2D eigenvalue weighted by Gasteiger charge is 2.44. The first-order valence-corrected chi connectivity index (χ1v) is 15.8. The summed E-state index contributed by atoms with van der Waals surface area (Å²) in [5, 5.41) is 0.332. The lowest BCUT2D eigenvalue weighted by molar-refractivity contribution is -0.0535. The van der Waals surface area contributed by atoms with Crippen molar-refractivity contribution in [1.29, 1.82) is 0 Å². The number of benzene rings is 2. The first-order valence-electron chi connectivity index (χ1n) is 15.0. The van der Waals surface area contributed by atoms with Crippen LogP contribution in [0.3, 0.4) is 0 Å². The molecule has 1 saturated carbocycles. The van der Waals surface area contributed by atoms with Crippen LogP contribution in [0.4, 0.5) is 14.5 Å². The molecule has 0 radical (unpaired) electrons. The van der Waals surface area contributed by atoms with Gasteiger partial charge in [0.2, 0.25) is 5.75 Å². The molecule has 1 aliphatic carbocycles. The molecule has 1 atom stereocenters. The summed E-state index contributed by atoms with van der Waals surface area (Å²) < 4.78 is 48.3. The number of rotatable bonds is 8. The van der Waals surface area contributed by atoms with Gasteiger partial charge in [0.15, 0.2) is 11.6 Å². The van der Waals surface area contributed by atoms with E-state index in [9.17, 15) is 9.18 Å². The van der Waals surface area contributed by atoms with Gasteiger partial charge >= 0.3 is 0 Å². The van der Waals surface area contributed by atoms with E-state index in [1.165, 1.54) is 56.4 Å². The molecule has 3 aromatic rings. The molecule has 0 bridgehead atoms. The van der Waals surface area contributed by atoms with Gasteiger partial charge in [0.05, 0.1) is 41.2 Å². The lowest BCUT2D eigenvalue weighted by atomic mass is 9.85. The maximum Gasteiger partial charge on any atom is 0.261 e. The van der Waals surface area contributed by atoms with Gasteiger partial charge in [-0.2, -0.15) is 0 Å². The highest BCUT2D eigenvalue weighted by molar-refractivity contribution is 7.98. The number of hydrogen-bond donors (Lipinski definition) is 1. The van der Waals surface area contributed by atoms with Gasteiger partial charge < -0.3 is 19.1 Å². The van der Waals surface area contributed by atoms with E-state index in [0.29, 0.717) is 23.6 Å². The minimum atomic E-state index is -0.848. The molecule has 11 heteroatoms. The van der Waals surface area contributed by atoms with Gasteiger partial charge in [0, 0.05) is 37.8 Å². The van der Waals surface area contributed by atoms with Crippen LogP contribution < -0.4 is 15.0 Å². The molecular weight excluding hydrogens is 560 g/mol. The Balaban J connectivity index is 1.18. The van der Waals surface area contributed by atoms with Crippen LogP contribution in [0.25, 0.3) is 10.9 Å². The fourth-order valence-corrected chi connectivity index (χ4v) is 7.08. The molecule has 2 aromatic carbocycles. The average Bonchev–Trinajstić information content (AvgIpc) is 3.42. The first-order chi connectivity index (χ1) is 20.4. The van der Waals surface area contributed by atoms with Gasteiger partial charge in [-0.1, -0.05) is 26.2 Å². The normalized spacial score (nSPS) is 21.4. The molecule has 2 aliphatic heterocycles. The number of likely N-dealkylation sites (tertiary alicyclic amines) is 1. The summed E-state index contributed by atoms with van der Waals surface area (Å²) in [7, 11) is 1.85. The van der Waals surface area contributed by atoms with Crippen molar-refractivity contribution in [1.82, 2.24) is 18.8 Å². The molecule has 8 nitrogen and oxygen atoms in total. The SMILES string of the molecule is CCN(C)SNc1ccc(F)c(Oc2ccc3ncn(C4COC5(CCN(C6CCCCC6)CC5)C4)c(=O)c3c2)c1F. The Morgan fingerprint density at radius 3 is 2.69 bits per heavy atom. The number of ether oxygens (including phenoxy) is 2. The van der Waals surface area contributed by atoms with Gasteiger partial charge in [-0.25, -0.2) is 18.1 Å². The monoisotopic (exact) mass is 599 g/mol. The third kappa shape index (κ3) is 6.02. The largest absolute Gasteiger partial charge is 0.451 e. The van der Waals surface area contributed by atoms with Gasteiger partial charge in [0.25, 0.3) is 5.56 Å². The van der Waals surface area contributed by atoms with Crippen LogP contribution in [0.5, 0.6) is 11.5 Å². The van der Waals surface area contributed by atoms with Crippen molar-refractivity contribution in [3.63, 3.8) is 0 Å². The average molecular weight is 600 g/mol. The van der Waals surface area contributed by atoms with E-state index in [0.717, 1.165) is 45.0 Å². The van der Waals surface area contributed by atoms with Gasteiger partial charge in [-0.05, 0) is 69.5 Å². The van der Waals surface area contributed by atoms with Crippen molar-refractivity contribution in [2.75, 3.05) is 38.0 Å². The van der Waals surface area contributed by atoms with Crippen molar-refractivity contribution in [2.24, 2.45) is 0 Å². The predicted molar refractivity (Wildman–Crippen MR) is 162 cm³/mol. The molecule has 1 N–H and O–H groups in total. The number of hydrogen-bond acceptors (Lipinski definition) is 8. The zero-order chi connectivity index (χ0) is 29.3. The zero-order valence-electron chi connectivity index (χ0n) is 24.3. The van der Waals surface area contributed by atoms with E-state index >= 15 is 4.39 Å². The maximum atomic E-state index is 15.2. The molecular formula is C31H39F2N5O3S. The summed E-state index contributed by atoms with van der Waals surface area (Å²) in [4.78, 5) is 20.8. The van der Waals surface area contributed by atoms with Crippen LogP contribution in [0, 0.1) is 11.6 Å². The molecule has 42 heavy (non-hydrogen) atoms. The Morgan fingerprint density at radius 2 is 1.93 bits per heavy atom. The van der Waals surface area contributed by atoms with Crippen molar-refractivity contribution in [2.45, 2.75) is 76.0 Å². The second kappa shape index (κ2) is 12.5. The number of nitrogens with one attached hydrogen (secondary N) is 1. The maximum absolute atomic E-state index is 15.2. The third-order valence-corrected chi connectivity index (χ3v) is 10.0. The molecule has 0 amide bonds. The molecule has 226 valence electrons. The van der Waals surface area contributed by atoms with E-state index in [1.807, 2.05) is 18.3 Å². The van der Waals surface area contributed by atoms with Crippen LogP contribution in [0.15, 0.2) is 41.5 Å². The summed E-state index contributed by atoms with van der Waals surface area (Å²) in [6.45, 7) is 5.25. The van der Waals surface area contributed by atoms with Gasteiger partial charge in [-0.3, -0.25) is 9.36 Å². The number of nitrogens with zero attached hydrogens (tertiary/aromatic N) is 4. The fourth-order valence-electron chi connectivity index (χ4n) is 6.54. The standard InChI is InChI=1S/C31H39F2N5O3S/c1-3-36(2)42-35-27-12-10-25(32)29(28(27)33)41-23-9-11-26-24(17-23)30(39)38(20-34-26)22-18-31(40-19-22)13-15-37(16-14-31)21-7-5-4-6-8-21/h9-12,17,20-22,35H,3-8,13-16,18-19H2,1-2H3. The lowest BCUT2D eigenvalue weighted by Crippen LogP contribution is -2.48. The Kier molecular flexibility index (Phi) is 8.72. The van der Waals surface area contributed by atoms with E-state index in [1.54, 1.807) is 23.0 Å². The Bertz CT molecular complexity index is 1470. The van der Waals surface area contributed by atoms with Crippen LogP contribution in [-0.4, -0.2) is 63.7 Å². The van der Waals surface area contributed by atoms with Crippen molar-refractivity contribution >= 4 is 28.7 Å². The third-order valence-electron chi connectivity index (χ3n) is 9.16. The van der Waals surface area contributed by atoms with E-state index < -0.39 is 17.4 Å². The van der Waals surface area contributed by atoms with Crippen molar-refractivity contribution in [3.8, 4) is 11.5 Å². The van der Waals surface area contributed by atoms with Gasteiger partial charge in [0.1, 0.15) is 5.75 Å². The smallest absolute Gasteiger partial charge is 0.261 e. The fraction of sp³-hybridized carbons (Fsp3) is 0.548. The Hall–Kier alpha value is -2.73. The van der Waals surface area contributed by atoms with E-state index in [-0.39, 0.29) is 28.6 Å². The predicted octanol–water partition coefficient (Wildman–Crippen LogP) is 6.52. The van der Waals surface area contributed by atoms with Crippen molar-refractivity contribution < 1.29 is 18.3 Å². The number of fused-ring (bicyclic) bond motifs is 1. The number of piperidine rings is 1. The highest BCUT2D eigenvalue weighted by Crippen LogP contribution is 2.41. The topological polar surface area (TPSA) is 71.9 Å². The second-order valence-corrected chi connectivity index (χ2v) is 12.8. The first kappa shape index (κ1) is 29.3. The van der Waals surface area contributed by atoms with E-state index in [2.05, 4.69) is 14.6 Å². The molecule has 1 spiro atoms. The minimum Gasteiger partial charge on any atom is -0.451 e. The molecule has 2 saturated heterocycles. The molecule has 1 unspecified atom stereocenters. The molecule has 3 aliphatic rings. The number of aromatic nitrogens is 2. The summed E-state index contributed by atoms with van der Waals surface area (Å²) >= 11 is 1.20. The highest BCUT2D eigenvalue weighted by atomic mass is 32.2. The minimum absolute atomic E-state index is 0.0984. The lowest BCUT2D eigenvalue weighted by Gasteiger charge is -2.43. The summed E-state index contributed by atoms with van der Waals surface area (Å²) in [6, 6.07) is 7.77. The van der Waals surface area contributed by atoms with E-state index in [4.69, 9.17) is 9.47 Å². The molecule has 6 rings (SSSR count). The molecule has 3 fully saturated rings. The molecule has 1 aromatic heterocycles.